The van der Waals surface area contributed by atoms with Crippen molar-refractivity contribution in [1.82, 2.24) is 15.0 Å². The number of aromatic nitrogens is 3. The minimum absolute atomic E-state index is 0.610. The van der Waals surface area contributed by atoms with Crippen molar-refractivity contribution in [2.75, 3.05) is 0 Å². The maximum atomic E-state index is 6.20. The van der Waals surface area contributed by atoms with Crippen LogP contribution in [0.3, 0.4) is 0 Å². The van der Waals surface area contributed by atoms with E-state index in [1.165, 1.54) is 21.5 Å². The Kier molecular flexibility index (Phi) is 5.78. The van der Waals surface area contributed by atoms with Crippen LogP contribution in [0.1, 0.15) is 0 Å². The Bertz CT molecular complexity index is 2550. The smallest absolute Gasteiger partial charge is 0.164 e. The number of fused-ring (bicyclic) bond motifs is 6. The zero-order valence-corrected chi connectivity index (χ0v) is 24.2. The molecule has 210 valence electrons. The van der Waals surface area contributed by atoms with Crippen LogP contribution >= 0.6 is 0 Å². The molecule has 0 aliphatic carbocycles. The molecule has 4 nitrogen and oxygen atoms in total. The molecule has 0 bridgehead atoms. The van der Waals surface area contributed by atoms with Crippen molar-refractivity contribution < 1.29 is 4.42 Å². The first-order valence-electron chi connectivity index (χ1n) is 15.0. The summed E-state index contributed by atoms with van der Waals surface area (Å²) in [5.41, 5.74) is 6.67. The zero-order valence-electron chi connectivity index (χ0n) is 24.2. The van der Waals surface area contributed by atoms with Crippen LogP contribution in [0.5, 0.6) is 0 Å². The van der Waals surface area contributed by atoms with E-state index >= 15 is 0 Å². The maximum Gasteiger partial charge on any atom is 0.164 e. The fourth-order valence-corrected chi connectivity index (χ4v) is 6.32. The average Bonchev–Trinajstić information content (AvgIpc) is 3.51. The Morgan fingerprint density at radius 1 is 0.356 bits per heavy atom. The molecular formula is C41H25N3O. The van der Waals surface area contributed by atoms with Gasteiger partial charge in [0.2, 0.25) is 0 Å². The molecule has 0 aliphatic heterocycles. The molecule has 7 aromatic carbocycles. The summed E-state index contributed by atoms with van der Waals surface area (Å²) >= 11 is 0. The van der Waals surface area contributed by atoms with Gasteiger partial charge < -0.3 is 4.42 Å². The van der Waals surface area contributed by atoms with E-state index < -0.39 is 0 Å². The number of hydrogen-bond donors (Lipinski definition) is 0. The highest BCUT2D eigenvalue weighted by molar-refractivity contribution is 6.12. The number of hydrogen-bond acceptors (Lipinski definition) is 4. The summed E-state index contributed by atoms with van der Waals surface area (Å²) < 4.78 is 6.20. The predicted octanol–water partition coefficient (Wildman–Crippen LogP) is 10.7. The third-order valence-corrected chi connectivity index (χ3v) is 8.51. The molecule has 0 unspecified atom stereocenters. The van der Waals surface area contributed by atoms with E-state index in [0.717, 1.165) is 49.8 Å². The van der Waals surface area contributed by atoms with Gasteiger partial charge >= 0.3 is 0 Å². The number of para-hydroxylation sites is 1. The fourth-order valence-electron chi connectivity index (χ4n) is 6.32. The van der Waals surface area contributed by atoms with E-state index in [-0.39, 0.29) is 0 Å². The van der Waals surface area contributed by atoms with E-state index in [1.807, 2.05) is 60.7 Å². The van der Waals surface area contributed by atoms with Crippen LogP contribution in [0, 0.1) is 0 Å². The molecule has 0 saturated heterocycles. The minimum atomic E-state index is 0.610. The van der Waals surface area contributed by atoms with Crippen LogP contribution in [0.15, 0.2) is 156 Å². The molecule has 0 fully saturated rings. The molecule has 45 heavy (non-hydrogen) atoms. The van der Waals surface area contributed by atoms with Gasteiger partial charge in [-0.3, -0.25) is 0 Å². The first-order chi connectivity index (χ1) is 22.3. The fraction of sp³-hybridized carbons (Fsp3) is 0. The average molecular weight is 576 g/mol. The lowest BCUT2D eigenvalue weighted by molar-refractivity contribution is 0.669. The van der Waals surface area contributed by atoms with Crippen molar-refractivity contribution in [3.05, 3.63) is 152 Å². The second-order valence-corrected chi connectivity index (χ2v) is 11.3. The summed E-state index contributed by atoms with van der Waals surface area (Å²) in [4.78, 5) is 15.1. The molecule has 0 amide bonds. The van der Waals surface area contributed by atoms with Gasteiger partial charge in [-0.15, -0.1) is 0 Å². The first-order valence-corrected chi connectivity index (χ1v) is 15.0. The lowest BCUT2D eigenvalue weighted by atomic mass is 9.96. The third kappa shape index (κ3) is 4.35. The summed E-state index contributed by atoms with van der Waals surface area (Å²) in [6.07, 6.45) is 0. The van der Waals surface area contributed by atoms with Crippen molar-refractivity contribution in [1.29, 1.82) is 0 Å². The van der Waals surface area contributed by atoms with Crippen LogP contribution in [0.25, 0.3) is 88.8 Å². The topological polar surface area (TPSA) is 51.8 Å². The molecule has 4 heteroatoms. The van der Waals surface area contributed by atoms with E-state index in [4.69, 9.17) is 19.4 Å². The van der Waals surface area contributed by atoms with Crippen molar-refractivity contribution >= 4 is 43.5 Å². The summed E-state index contributed by atoms with van der Waals surface area (Å²) in [6, 6.07) is 52.3. The standard InChI is InChI=1S/C41H25N3O/c1-2-11-28(12-3-1)39-42-40(44-41(43-39)34-17-9-19-37-38(34)33-16-6-7-18-36(33)45-37)31-14-8-13-29(24-31)30-23-22-27-21-20-26-10-4-5-15-32(26)35(27)25-30/h1-25H. The third-order valence-electron chi connectivity index (χ3n) is 8.51. The Hall–Kier alpha value is -6.13. The van der Waals surface area contributed by atoms with Crippen LogP contribution in [0.4, 0.5) is 0 Å². The molecule has 0 N–H and O–H groups in total. The van der Waals surface area contributed by atoms with Crippen LogP contribution < -0.4 is 0 Å². The normalized spacial score (nSPS) is 11.6. The highest BCUT2D eigenvalue weighted by Gasteiger charge is 2.18. The highest BCUT2D eigenvalue weighted by Crippen LogP contribution is 2.37. The Balaban J connectivity index is 1.23. The predicted molar refractivity (Wildman–Crippen MR) is 184 cm³/mol. The molecule has 9 rings (SSSR count). The molecule has 2 heterocycles. The van der Waals surface area contributed by atoms with Crippen molar-refractivity contribution in [2.24, 2.45) is 0 Å². The van der Waals surface area contributed by atoms with Crippen LogP contribution in [-0.2, 0) is 0 Å². The van der Waals surface area contributed by atoms with Gasteiger partial charge in [-0.05, 0) is 56.9 Å². The number of rotatable bonds is 4. The maximum absolute atomic E-state index is 6.20. The summed E-state index contributed by atoms with van der Waals surface area (Å²) in [5, 5.41) is 7.00. The minimum Gasteiger partial charge on any atom is -0.456 e. The second kappa shape index (κ2) is 10.2. The van der Waals surface area contributed by atoms with Gasteiger partial charge in [0.25, 0.3) is 0 Å². The van der Waals surface area contributed by atoms with E-state index in [9.17, 15) is 0 Å². The molecule has 0 spiro atoms. The zero-order chi connectivity index (χ0) is 29.7. The van der Waals surface area contributed by atoms with Gasteiger partial charge in [-0.25, -0.2) is 15.0 Å². The number of nitrogens with zero attached hydrogens (tertiary/aromatic N) is 3. The number of benzene rings is 7. The lowest BCUT2D eigenvalue weighted by Gasteiger charge is -2.11. The molecule has 2 aromatic heterocycles. The largest absolute Gasteiger partial charge is 0.456 e. The Morgan fingerprint density at radius 2 is 0.956 bits per heavy atom. The van der Waals surface area contributed by atoms with Gasteiger partial charge in [-0.2, -0.15) is 0 Å². The molecule has 0 aliphatic rings. The molecule has 9 aromatic rings. The van der Waals surface area contributed by atoms with Crippen molar-refractivity contribution in [3.63, 3.8) is 0 Å². The van der Waals surface area contributed by atoms with E-state index in [1.54, 1.807) is 0 Å². The van der Waals surface area contributed by atoms with Crippen LogP contribution in [0.2, 0.25) is 0 Å². The second-order valence-electron chi connectivity index (χ2n) is 11.3. The van der Waals surface area contributed by atoms with Crippen molar-refractivity contribution in [2.45, 2.75) is 0 Å². The monoisotopic (exact) mass is 575 g/mol. The van der Waals surface area contributed by atoms with E-state index in [2.05, 4.69) is 91.0 Å². The van der Waals surface area contributed by atoms with E-state index in [0.29, 0.717) is 17.5 Å². The summed E-state index contributed by atoms with van der Waals surface area (Å²) in [6.45, 7) is 0. The number of furan rings is 1. The molecular weight excluding hydrogens is 550 g/mol. The molecule has 0 saturated carbocycles. The van der Waals surface area contributed by atoms with Gasteiger partial charge in [0.1, 0.15) is 11.2 Å². The highest BCUT2D eigenvalue weighted by atomic mass is 16.3. The molecule has 0 radical (unpaired) electrons. The van der Waals surface area contributed by atoms with Crippen molar-refractivity contribution in [3.8, 4) is 45.3 Å². The van der Waals surface area contributed by atoms with Gasteiger partial charge in [0, 0.05) is 27.5 Å². The Morgan fingerprint density at radius 3 is 1.84 bits per heavy atom. The summed E-state index contributed by atoms with van der Waals surface area (Å²) in [7, 11) is 0. The first kappa shape index (κ1) is 25.4. The molecule has 0 atom stereocenters. The van der Waals surface area contributed by atoms with Gasteiger partial charge in [0.15, 0.2) is 17.5 Å². The Labute approximate surface area is 259 Å². The summed E-state index contributed by atoms with van der Waals surface area (Å²) in [5.74, 6) is 1.86. The SMILES string of the molecule is c1ccc(-c2nc(-c3cccc(-c4ccc5ccc6ccccc6c5c4)c3)nc(-c3cccc4oc5ccccc5c34)n2)cc1. The van der Waals surface area contributed by atoms with Gasteiger partial charge in [-0.1, -0.05) is 127 Å². The lowest BCUT2D eigenvalue weighted by Crippen LogP contribution is -2.00. The quantitative estimate of drug-likeness (QED) is 0.196. The van der Waals surface area contributed by atoms with Crippen LogP contribution in [-0.4, -0.2) is 15.0 Å². The van der Waals surface area contributed by atoms with Gasteiger partial charge in [0.05, 0.1) is 0 Å².